The van der Waals surface area contributed by atoms with Crippen LogP contribution in [0.4, 0.5) is 4.79 Å². The fourth-order valence-electron chi connectivity index (χ4n) is 1.78. The smallest absolute Gasteiger partial charge is 0.409 e. The highest BCUT2D eigenvalue weighted by Crippen LogP contribution is 2.29. The van der Waals surface area contributed by atoms with Crippen molar-refractivity contribution in [1.82, 2.24) is 4.90 Å². The fraction of sp³-hybridized carbons (Fsp3) is 0.857. The van der Waals surface area contributed by atoms with Crippen LogP contribution in [0, 0.1) is 5.92 Å². The summed E-state index contributed by atoms with van der Waals surface area (Å²) in [4.78, 5) is 12.0. The van der Waals surface area contributed by atoms with E-state index in [4.69, 9.17) is 9.84 Å². The van der Waals surface area contributed by atoms with E-state index in [1.54, 1.807) is 0 Å². The van der Waals surface area contributed by atoms with E-state index in [1.165, 1.54) is 4.90 Å². The molecule has 0 radical (unpaired) electrons. The number of carbonyl (C=O) groups is 1. The predicted molar refractivity (Wildman–Crippen MR) is 37.2 cm³/mol. The zero-order valence-corrected chi connectivity index (χ0v) is 6.19. The molecule has 0 aromatic heterocycles. The van der Waals surface area contributed by atoms with Crippen LogP contribution in [-0.4, -0.2) is 35.5 Å². The third kappa shape index (κ3) is 1.07. The van der Waals surface area contributed by atoms with Crippen LogP contribution in [0.2, 0.25) is 0 Å². The molecular weight excluding hydrogens is 146 g/mol. The zero-order chi connectivity index (χ0) is 7.84. The number of hydrogen-bond acceptors (Lipinski definition) is 2. The van der Waals surface area contributed by atoms with Gasteiger partial charge in [-0.25, -0.2) is 4.79 Å². The molecule has 0 aliphatic carbocycles. The van der Waals surface area contributed by atoms with Crippen molar-refractivity contribution in [2.24, 2.45) is 5.92 Å². The quantitative estimate of drug-likeness (QED) is 0.564. The zero-order valence-electron chi connectivity index (χ0n) is 6.19. The molecule has 2 atom stereocenters. The molecule has 3 fully saturated rings. The Morgan fingerprint density at radius 1 is 1.55 bits per heavy atom. The molecule has 2 bridgehead atoms. The highest BCUT2D eigenvalue weighted by Gasteiger charge is 2.37. The van der Waals surface area contributed by atoms with Crippen LogP contribution in [0.1, 0.15) is 12.8 Å². The summed E-state index contributed by atoms with van der Waals surface area (Å²) in [6.45, 7) is 1.41. The maximum Gasteiger partial charge on any atom is 0.409 e. The van der Waals surface area contributed by atoms with E-state index >= 15 is 0 Å². The Kier molecular flexibility index (Phi) is 1.49. The van der Waals surface area contributed by atoms with Crippen LogP contribution in [-0.2, 0) is 4.74 Å². The summed E-state index contributed by atoms with van der Waals surface area (Å²) in [5, 5.41) is 8.71. The van der Waals surface area contributed by atoms with E-state index < -0.39 is 6.09 Å². The van der Waals surface area contributed by atoms with Crippen molar-refractivity contribution in [3.8, 4) is 0 Å². The topological polar surface area (TPSA) is 49.8 Å². The van der Waals surface area contributed by atoms with E-state index in [0.29, 0.717) is 12.5 Å². The summed E-state index contributed by atoms with van der Waals surface area (Å²) in [5.74, 6) is 0.441. The first-order chi connectivity index (χ1) is 5.27. The molecule has 2 unspecified atom stereocenters. The predicted octanol–water partition coefficient (Wildman–Crippen LogP) is 0.733. The van der Waals surface area contributed by atoms with Crippen LogP contribution in [0.3, 0.4) is 0 Å². The molecule has 0 saturated carbocycles. The summed E-state index contributed by atoms with van der Waals surface area (Å²) in [7, 11) is 0. The van der Waals surface area contributed by atoms with Gasteiger partial charge in [0.25, 0.3) is 0 Å². The van der Waals surface area contributed by atoms with E-state index in [9.17, 15) is 4.79 Å². The first kappa shape index (κ1) is 6.91. The minimum absolute atomic E-state index is 0.155. The molecule has 62 valence electrons. The molecule has 1 amide bonds. The number of carboxylic acid groups (broad SMARTS) is 1. The molecule has 4 nitrogen and oxygen atoms in total. The number of hydrogen-bond donors (Lipinski definition) is 1. The number of fused-ring (bicyclic) bond motifs is 3. The third-order valence-corrected chi connectivity index (χ3v) is 2.39. The lowest BCUT2D eigenvalue weighted by atomic mass is 9.95. The average Bonchev–Trinajstić information content (AvgIpc) is 2.06. The van der Waals surface area contributed by atoms with Crippen molar-refractivity contribution in [3.05, 3.63) is 0 Å². The van der Waals surface area contributed by atoms with Crippen molar-refractivity contribution in [1.29, 1.82) is 0 Å². The summed E-state index contributed by atoms with van der Waals surface area (Å²) in [6.07, 6.45) is 0.989. The van der Waals surface area contributed by atoms with Crippen LogP contribution in [0.15, 0.2) is 0 Å². The van der Waals surface area contributed by atoms with Crippen LogP contribution >= 0.6 is 0 Å². The monoisotopic (exact) mass is 157 g/mol. The molecule has 11 heavy (non-hydrogen) atoms. The number of ether oxygens (including phenoxy) is 1. The largest absolute Gasteiger partial charge is 0.465 e. The van der Waals surface area contributed by atoms with E-state index in [2.05, 4.69) is 0 Å². The summed E-state index contributed by atoms with van der Waals surface area (Å²) < 4.78 is 5.30. The van der Waals surface area contributed by atoms with Gasteiger partial charge in [0.2, 0.25) is 0 Å². The molecule has 1 N–H and O–H groups in total. The molecule has 4 heteroatoms. The first-order valence-electron chi connectivity index (χ1n) is 3.88. The Bertz CT molecular complexity index is 175. The molecule has 3 aliphatic rings. The van der Waals surface area contributed by atoms with Crippen molar-refractivity contribution in [3.63, 3.8) is 0 Å². The van der Waals surface area contributed by atoms with Gasteiger partial charge in [0.05, 0.1) is 6.61 Å². The van der Waals surface area contributed by atoms with E-state index in [0.717, 1.165) is 19.4 Å². The lowest BCUT2D eigenvalue weighted by molar-refractivity contribution is -0.143. The standard InChI is InChI=1S/C7H11NO3/c9-7(10)8-3-5-1-2-6(8)11-4-5/h5-6H,1-4H2,(H,9,10). The maximum absolute atomic E-state index is 10.6. The van der Waals surface area contributed by atoms with Gasteiger partial charge < -0.3 is 9.84 Å². The number of piperidine rings is 1. The SMILES string of the molecule is O=C(O)N1CC2CCC1OC2. The minimum atomic E-state index is -0.848. The lowest BCUT2D eigenvalue weighted by Gasteiger charge is -2.43. The van der Waals surface area contributed by atoms with Crippen molar-refractivity contribution in [2.75, 3.05) is 13.2 Å². The third-order valence-electron chi connectivity index (χ3n) is 2.39. The van der Waals surface area contributed by atoms with Crippen molar-refractivity contribution in [2.45, 2.75) is 19.1 Å². The first-order valence-corrected chi connectivity index (χ1v) is 3.88. The minimum Gasteiger partial charge on any atom is -0.465 e. The van der Waals surface area contributed by atoms with Gasteiger partial charge in [-0.3, -0.25) is 4.90 Å². The molecule has 0 spiro atoms. The van der Waals surface area contributed by atoms with E-state index in [-0.39, 0.29) is 6.23 Å². The molecule has 3 saturated heterocycles. The second-order valence-electron chi connectivity index (χ2n) is 3.17. The number of amides is 1. The van der Waals surface area contributed by atoms with Gasteiger partial charge in [-0.05, 0) is 12.8 Å². The van der Waals surface area contributed by atoms with Gasteiger partial charge in [-0.1, -0.05) is 0 Å². The highest BCUT2D eigenvalue weighted by molar-refractivity contribution is 5.65. The highest BCUT2D eigenvalue weighted by atomic mass is 16.5. The molecule has 3 rings (SSSR count). The molecule has 0 aromatic carbocycles. The fourth-order valence-corrected chi connectivity index (χ4v) is 1.78. The van der Waals surface area contributed by atoms with Gasteiger partial charge >= 0.3 is 6.09 Å². The van der Waals surface area contributed by atoms with Gasteiger partial charge in [0, 0.05) is 12.5 Å². The van der Waals surface area contributed by atoms with Crippen molar-refractivity contribution < 1.29 is 14.6 Å². The Morgan fingerprint density at radius 2 is 2.36 bits per heavy atom. The normalized spacial score (nSPS) is 35.8. The van der Waals surface area contributed by atoms with Crippen molar-refractivity contribution >= 4 is 6.09 Å². The van der Waals surface area contributed by atoms with Gasteiger partial charge in [0.1, 0.15) is 6.23 Å². The van der Waals surface area contributed by atoms with Gasteiger partial charge in [-0.2, -0.15) is 0 Å². The maximum atomic E-state index is 10.6. The molecule has 0 aromatic rings. The molecule has 3 aliphatic heterocycles. The summed E-state index contributed by atoms with van der Waals surface area (Å²) in [5.41, 5.74) is 0. The van der Waals surface area contributed by atoms with Gasteiger partial charge in [0.15, 0.2) is 0 Å². The Labute approximate surface area is 64.7 Å². The Morgan fingerprint density at radius 3 is 2.64 bits per heavy atom. The average molecular weight is 157 g/mol. The molecule has 3 heterocycles. The summed E-state index contributed by atoms with van der Waals surface area (Å²) >= 11 is 0. The second-order valence-corrected chi connectivity index (χ2v) is 3.17. The summed E-state index contributed by atoms with van der Waals surface area (Å²) in [6, 6.07) is 0. The van der Waals surface area contributed by atoms with Crippen LogP contribution < -0.4 is 0 Å². The number of nitrogens with zero attached hydrogens (tertiary/aromatic N) is 1. The van der Waals surface area contributed by atoms with E-state index in [1.807, 2.05) is 0 Å². The number of rotatable bonds is 0. The second kappa shape index (κ2) is 2.37. The van der Waals surface area contributed by atoms with Crippen LogP contribution in [0.5, 0.6) is 0 Å². The Balaban J connectivity index is 2.08. The molecular formula is C7H11NO3. The van der Waals surface area contributed by atoms with Crippen LogP contribution in [0.25, 0.3) is 0 Å². The lowest BCUT2D eigenvalue weighted by Crippen LogP contribution is -2.53. The van der Waals surface area contributed by atoms with Gasteiger partial charge in [-0.15, -0.1) is 0 Å². The Hall–Kier alpha value is -0.770.